The van der Waals surface area contributed by atoms with Gasteiger partial charge in [0.05, 0.1) is 35.5 Å². The minimum absolute atomic E-state index is 0.00307. The summed E-state index contributed by atoms with van der Waals surface area (Å²) < 4.78 is 12.4. The molecule has 182 valence electrons. The van der Waals surface area contributed by atoms with Gasteiger partial charge in [0.1, 0.15) is 17.3 Å². The van der Waals surface area contributed by atoms with Gasteiger partial charge in [0, 0.05) is 10.0 Å². The van der Waals surface area contributed by atoms with Crippen LogP contribution in [0.3, 0.4) is 0 Å². The first-order chi connectivity index (χ1) is 17.4. The highest BCUT2D eigenvalue weighted by Crippen LogP contribution is 2.44. The van der Waals surface area contributed by atoms with E-state index in [4.69, 9.17) is 9.47 Å². The summed E-state index contributed by atoms with van der Waals surface area (Å²) in [5.74, 6) is -0.467. The molecule has 1 N–H and O–H groups in total. The highest BCUT2D eigenvalue weighted by Gasteiger charge is 2.48. The van der Waals surface area contributed by atoms with Crippen molar-refractivity contribution in [3.05, 3.63) is 87.9 Å². The third-order valence-electron chi connectivity index (χ3n) is 5.86. The molecule has 7 nitrogen and oxygen atoms in total. The monoisotopic (exact) mass is 564 g/mol. The van der Waals surface area contributed by atoms with Crippen molar-refractivity contribution in [1.29, 1.82) is 0 Å². The average Bonchev–Trinajstić information content (AvgIpc) is 3.42. The molecule has 1 aliphatic rings. The Kier molecular flexibility index (Phi) is 6.51. The van der Waals surface area contributed by atoms with E-state index < -0.39 is 17.7 Å². The zero-order chi connectivity index (χ0) is 25.4. The summed E-state index contributed by atoms with van der Waals surface area (Å²) in [5.41, 5.74) is 1.76. The molecular formula is C27H21BrN2O5S. The predicted octanol–water partition coefficient (Wildman–Crippen LogP) is 6.09. The quantitative estimate of drug-likeness (QED) is 0.173. The number of carbonyl (C=O) groups excluding carboxylic acids is 2. The lowest BCUT2D eigenvalue weighted by atomic mass is 9.95. The number of halogens is 1. The van der Waals surface area contributed by atoms with Crippen molar-refractivity contribution in [2.45, 2.75) is 13.0 Å². The van der Waals surface area contributed by atoms with Crippen LogP contribution in [-0.2, 0) is 9.59 Å². The van der Waals surface area contributed by atoms with E-state index in [0.29, 0.717) is 39.9 Å². The van der Waals surface area contributed by atoms with Crippen LogP contribution in [0.4, 0.5) is 5.13 Å². The van der Waals surface area contributed by atoms with Gasteiger partial charge in [-0.15, -0.1) is 0 Å². The maximum Gasteiger partial charge on any atom is 0.301 e. The van der Waals surface area contributed by atoms with E-state index in [1.165, 1.54) is 16.2 Å². The molecule has 5 rings (SSSR count). The van der Waals surface area contributed by atoms with Crippen molar-refractivity contribution < 1.29 is 24.2 Å². The molecule has 9 heteroatoms. The highest BCUT2D eigenvalue weighted by molar-refractivity contribution is 9.10. The van der Waals surface area contributed by atoms with Crippen molar-refractivity contribution in [1.82, 2.24) is 4.98 Å². The van der Waals surface area contributed by atoms with Gasteiger partial charge in [-0.05, 0) is 67.1 Å². The van der Waals surface area contributed by atoms with Gasteiger partial charge in [-0.3, -0.25) is 14.5 Å². The number of hydrogen-bond donors (Lipinski definition) is 1. The van der Waals surface area contributed by atoms with Gasteiger partial charge in [-0.25, -0.2) is 4.98 Å². The summed E-state index contributed by atoms with van der Waals surface area (Å²) in [4.78, 5) is 32.7. The second-order valence-corrected chi connectivity index (χ2v) is 9.93. The van der Waals surface area contributed by atoms with Gasteiger partial charge < -0.3 is 14.6 Å². The van der Waals surface area contributed by atoms with Gasteiger partial charge in [-0.1, -0.05) is 39.4 Å². The number of carbonyl (C=O) groups is 2. The Morgan fingerprint density at radius 2 is 1.75 bits per heavy atom. The van der Waals surface area contributed by atoms with Gasteiger partial charge in [0.15, 0.2) is 5.13 Å². The van der Waals surface area contributed by atoms with Gasteiger partial charge in [0.25, 0.3) is 5.78 Å². The van der Waals surface area contributed by atoms with E-state index in [2.05, 4.69) is 20.9 Å². The number of ketones is 1. The summed E-state index contributed by atoms with van der Waals surface area (Å²) in [6.07, 6.45) is 0. The summed E-state index contributed by atoms with van der Waals surface area (Å²) in [7, 11) is 1.58. The first-order valence-electron chi connectivity index (χ1n) is 11.2. The number of nitrogens with zero attached hydrogens (tertiary/aromatic N) is 2. The number of methoxy groups -OCH3 is 1. The fraction of sp³-hybridized carbons (Fsp3) is 0.148. The Bertz CT molecular complexity index is 1500. The van der Waals surface area contributed by atoms with Crippen molar-refractivity contribution in [3.63, 3.8) is 0 Å². The number of hydrogen-bond acceptors (Lipinski definition) is 7. The summed E-state index contributed by atoms with van der Waals surface area (Å²) >= 11 is 4.71. The van der Waals surface area contributed by atoms with Crippen molar-refractivity contribution >= 4 is 60.1 Å². The summed E-state index contributed by atoms with van der Waals surface area (Å²) in [6, 6.07) is 18.6. The van der Waals surface area contributed by atoms with Crippen LogP contribution >= 0.6 is 27.3 Å². The highest BCUT2D eigenvalue weighted by atomic mass is 79.9. The number of benzene rings is 3. The Labute approximate surface area is 219 Å². The van der Waals surface area contributed by atoms with E-state index in [1.54, 1.807) is 43.5 Å². The Morgan fingerprint density at radius 3 is 2.42 bits per heavy atom. The van der Waals surface area contributed by atoms with E-state index in [-0.39, 0.29) is 11.3 Å². The first kappa shape index (κ1) is 24.0. The SMILES string of the molecule is CCOc1ccc(C(O)=C2C(=O)C(=O)N(c3nc4ccc(OC)cc4s3)[C@H]2c2ccc(Br)cc2)cc1. The Morgan fingerprint density at radius 1 is 1.06 bits per heavy atom. The average molecular weight is 565 g/mol. The van der Waals surface area contributed by atoms with E-state index in [0.717, 1.165) is 9.17 Å². The second-order valence-electron chi connectivity index (χ2n) is 8.01. The molecule has 2 heterocycles. The fourth-order valence-corrected chi connectivity index (χ4v) is 5.43. The third kappa shape index (κ3) is 4.25. The lowest BCUT2D eigenvalue weighted by Gasteiger charge is -2.23. The molecule has 0 spiro atoms. The van der Waals surface area contributed by atoms with Crippen molar-refractivity contribution in [2.24, 2.45) is 0 Å². The smallest absolute Gasteiger partial charge is 0.301 e. The summed E-state index contributed by atoms with van der Waals surface area (Å²) in [5, 5.41) is 11.6. The topological polar surface area (TPSA) is 89.0 Å². The molecule has 3 aromatic carbocycles. The zero-order valence-corrected chi connectivity index (χ0v) is 21.8. The van der Waals surface area contributed by atoms with Crippen molar-refractivity contribution in [2.75, 3.05) is 18.6 Å². The van der Waals surface area contributed by atoms with Crippen LogP contribution in [0, 0.1) is 0 Å². The minimum Gasteiger partial charge on any atom is -0.507 e. The molecule has 4 aromatic rings. The van der Waals surface area contributed by atoms with E-state index in [1.807, 2.05) is 37.3 Å². The van der Waals surface area contributed by atoms with Gasteiger partial charge in [0.2, 0.25) is 0 Å². The molecule has 0 aliphatic carbocycles. The van der Waals surface area contributed by atoms with Crippen LogP contribution in [0.15, 0.2) is 76.8 Å². The number of anilines is 1. The van der Waals surface area contributed by atoms with Gasteiger partial charge >= 0.3 is 5.91 Å². The molecule has 1 atom stereocenters. The molecule has 1 aliphatic heterocycles. The molecule has 0 bridgehead atoms. The third-order valence-corrected chi connectivity index (χ3v) is 7.41. The fourth-order valence-electron chi connectivity index (χ4n) is 4.14. The van der Waals surface area contributed by atoms with Crippen LogP contribution < -0.4 is 14.4 Å². The molecule has 0 radical (unpaired) electrons. The summed E-state index contributed by atoms with van der Waals surface area (Å²) in [6.45, 7) is 2.39. The van der Waals surface area contributed by atoms with Crippen LogP contribution in [0.2, 0.25) is 0 Å². The van der Waals surface area contributed by atoms with Crippen LogP contribution in [0.1, 0.15) is 24.1 Å². The molecule has 1 saturated heterocycles. The number of thiazole rings is 1. The van der Waals surface area contributed by atoms with Crippen LogP contribution in [0.5, 0.6) is 11.5 Å². The lowest BCUT2D eigenvalue weighted by Crippen LogP contribution is -2.29. The number of aliphatic hydroxyl groups excluding tert-OH is 1. The first-order valence-corrected chi connectivity index (χ1v) is 12.8. The zero-order valence-electron chi connectivity index (χ0n) is 19.4. The number of rotatable bonds is 6. The van der Waals surface area contributed by atoms with Gasteiger partial charge in [-0.2, -0.15) is 0 Å². The number of amides is 1. The molecule has 36 heavy (non-hydrogen) atoms. The molecular weight excluding hydrogens is 544 g/mol. The normalized spacial score (nSPS) is 17.1. The number of aromatic nitrogens is 1. The number of Topliss-reactive ketones (excluding diaryl/α,β-unsaturated/α-hetero) is 1. The minimum atomic E-state index is -0.855. The molecule has 0 saturated carbocycles. The van der Waals surface area contributed by atoms with E-state index >= 15 is 0 Å². The van der Waals surface area contributed by atoms with Crippen molar-refractivity contribution in [3.8, 4) is 11.5 Å². The molecule has 1 aromatic heterocycles. The van der Waals surface area contributed by atoms with Crippen LogP contribution in [-0.4, -0.2) is 35.5 Å². The maximum absolute atomic E-state index is 13.4. The lowest BCUT2D eigenvalue weighted by molar-refractivity contribution is -0.132. The largest absolute Gasteiger partial charge is 0.507 e. The van der Waals surface area contributed by atoms with Crippen LogP contribution in [0.25, 0.3) is 16.0 Å². The van der Waals surface area contributed by atoms with E-state index in [9.17, 15) is 14.7 Å². The Balaban J connectivity index is 1.67. The number of aliphatic hydroxyl groups is 1. The second kappa shape index (κ2) is 9.75. The molecule has 1 fully saturated rings. The standard InChI is InChI=1S/C27H21BrN2O5S/c1-3-35-18-10-6-16(7-11-18)24(31)22-23(15-4-8-17(28)9-5-15)30(26(33)25(22)32)27-29-20-13-12-19(34-2)14-21(20)36-27/h4-14,23,31H,3H2,1-2H3/t23-/m0/s1. The number of fused-ring (bicyclic) bond motifs is 1. The number of ether oxygens (including phenoxy) is 2. The predicted molar refractivity (Wildman–Crippen MR) is 143 cm³/mol. The Hall–Kier alpha value is -3.69. The molecule has 0 unspecified atom stereocenters. The maximum atomic E-state index is 13.4. The molecule has 1 amide bonds.